The normalized spacial score (nSPS) is 10.7. The van der Waals surface area contributed by atoms with Gasteiger partial charge in [0.05, 0.1) is 19.5 Å². The molecule has 5 N–H and O–H groups in total. The molecule has 0 fully saturated rings. The van der Waals surface area contributed by atoms with Crippen LogP contribution in [-0.2, 0) is 11.5 Å². The standard InChI is InChI=1S/C9H13N5O4.C5H11N3/c10-9-12-7-6(8(17)13-9)11-3-14(7)4-18-5(1-15)2-16;1-5(2)3-4-7-8-6/h3,5,15-16H,1-2,4H2,(H3,10,12,13,17);5H,3-4H2,1-2H3. The minimum Gasteiger partial charge on any atom is -0.394 e. The van der Waals surface area contributed by atoms with Gasteiger partial charge in [-0.2, -0.15) is 4.98 Å². The largest absolute Gasteiger partial charge is 0.394 e. The maximum absolute atomic E-state index is 11.5. The molecule has 0 unspecified atom stereocenters. The first kappa shape index (κ1) is 21.4. The molecule has 0 radical (unpaired) electrons. The first-order chi connectivity index (χ1) is 12.4. The molecular formula is C14H24N8O4. The molecule has 0 spiro atoms. The van der Waals surface area contributed by atoms with Gasteiger partial charge in [0, 0.05) is 11.5 Å². The van der Waals surface area contributed by atoms with Crippen LogP contribution in [0, 0.1) is 5.92 Å². The Labute approximate surface area is 149 Å². The summed E-state index contributed by atoms with van der Waals surface area (Å²) in [6.07, 6.45) is 1.67. The number of ether oxygens (including phenoxy) is 1. The topological polar surface area (TPSA) is 188 Å². The van der Waals surface area contributed by atoms with E-state index in [0.717, 1.165) is 6.42 Å². The molecule has 26 heavy (non-hydrogen) atoms. The van der Waals surface area contributed by atoms with Crippen LogP contribution >= 0.6 is 0 Å². The Bertz CT molecular complexity index is 777. The summed E-state index contributed by atoms with van der Waals surface area (Å²) >= 11 is 0. The summed E-state index contributed by atoms with van der Waals surface area (Å²) in [5, 5.41) is 21.1. The predicted molar refractivity (Wildman–Crippen MR) is 95.1 cm³/mol. The van der Waals surface area contributed by atoms with Gasteiger partial charge >= 0.3 is 0 Å². The molecule has 144 valence electrons. The Balaban J connectivity index is 0.000000359. The highest BCUT2D eigenvalue weighted by atomic mass is 16.5. The van der Waals surface area contributed by atoms with Gasteiger partial charge in [-0.3, -0.25) is 14.3 Å². The first-order valence-electron chi connectivity index (χ1n) is 7.97. The second kappa shape index (κ2) is 11.1. The van der Waals surface area contributed by atoms with Crippen LogP contribution < -0.4 is 11.3 Å². The molecule has 2 aromatic heterocycles. The predicted octanol–water partition coefficient (Wildman–Crippen LogP) is 0.372. The zero-order valence-electron chi connectivity index (χ0n) is 14.7. The van der Waals surface area contributed by atoms with Crippen molar-refractivity contribution in [3.05, 3.63) is 27.1 Å². The Kier molecular flexibility index (Phi) is 9.09. The number of azide groups is 1. The van der Waals surface area contributed by atoms with E-state index in [4.69, 9.17) is 26.2 Å². The number of imidazole rings is 1. The molecule has 0 aliphatic carbocycles. The molecule has 0 aliphatic heterocycles. The molecule has 2 heterocycles. The number of aromatic amines is 1. The fraction of sp³-hybridized carbons (Fsp3) is 0.643. The maximum atomic E-state index is 11.5. The molecule has 2 rings (SSSR count). The van der Waals surface area contributed by atoms with Crippen LogP contribution in [0.15, 0.2) is 16.2 Å². The Morgan fingerprint density at radius 3 is 2.73 bits per heavy atom. The van der Waals surface area contributed by atoms with Gasteiger partial charge in [0.25, 0.3) is 5.56 Å². The van der Waals surface area contributed by atoms with Crippen LogP contribution in [0.4, 0.5) is 5.95 Å². The van der Waals surface area contributed by atoms with Crippen LogP contribution in [0.2, 0.25) is 0 Å². The smallest absolute Gasteiger partial charge is 0.280 e. The lowest BCUT2D eigenvalue weighted by Crippen LogP contribution is -2.23. The number of nitrogens with two attached hydrogens (primary N) is 1. The zero-order chi connectivity index (χ0) is 19.5. The number of nitrogen functional groups attached to an aromatic ring is 1. The summed E-state index contributed by atoms with van der Waals surface area (Å²) in [6, 6.07) is 0. The highest BCUT2D eigenvalue weighted by molar-refractivity contribution is 5.70. The minimum atomic E-state index is -0.693. The highest BCUT2D eigenvalue weighted by Gasteiger charge is 2.11. The van der Waals surface area contributed by atoms with Crippen molar-refractivity contribution in [2.75, 3.05) is 25.5 Å². The lowest BCUT2D eigenvalue weighted by molar-refractivity contribution is -0.0488. The van der Waals surface area contributed by atoms with Gasteiger partial charge in [-0.1, -0.05) is 19.0 Å². The van der Waals surface area contributed by atoms with Gasteiger partial charge in [0.2, 0.25) is 5.95 Å². The van der Waals surface area contributed by atoms with E-state index >= 15 is 0 Å². The summed E-state index contributed by atoms with van der Waals surface area (Å²) in [4.78, 5) is 24.3. The molecule has 0 bridgehead atoms. The average Bonchev–Trinajstić information content (AvgIpc) is 2.99. The van der Waals surface area contributed by atoms with E-state index in [9.17, 15) is 4.79 Å². The molecule has 12 nitrogen and oxygen atoms in total. The van der Waals surface area contributed by atoms with Crippen LogP contribution in [0.25, 0.3) is 21.6 Å². The molecule has 0 saturated heterocycles. The SMILES string of the molecule is CC(C)CCN=[N+]=[N-].Nc1nc2c(ncn2COC(CO)CO)c(=O)[nH]1. The third-order valence-corrected chi connectivity index (χ3v) is 3.22. The summed E-state index contributed by atoms with van der Waals surface area (Å²) in [7, 11) is 0. The van der Waals surface area contributed by atoms with Crippen molar-refractivity contribution in [2.45, 2.75) is 33.1 Å². The second-order valence-corrected chi connectivity index (χ2v) is 5.76. The maximum Gasteiger partial charge on any atom is 0.280 e. The molecule has 0 aliphatic rings. The first-order valence-corrected chi connectivity index (χ1v) is 7.97. The molecular weight excluding hydrogens is 344 g/mol. The van der Waals surface area contributed by atoms with E-state index in [1.807, 2.05) is 0 Å². The molecule has 2 aromatic rings. The summed E-state index contributed by atoms with van der Waals surface area (Å²) in [6.45, 7) is 4.23. The fourth-order valence-electron chi connectivity index (χ4n) is 1.77. The van der Waals surface area contributed by atoms with E-state index in [2.05, 4.69) is 38.8 Å². The number of aliphatic hydroxyl groups is 2. The molecule has 0 saturated carbocycles. The van der Waals surface area contributed by atoms with E-state index in [-0.39, 0.29) is 37.1 Å². The highest BCUT2D eigenvalue weighted by Crippen LogP contribution is 2.07. The van der Waals surface area contributed by atoms with Crippen molar-refractivity contribution in [1.82, 2.24) is 19.5 Å². The van der Waals surface area contributed by atoms with Crippen molar-refractivity contribution in [1.29, 1.82) is 0 Å². The lowest BCUT2D eigenvalue weighted by atomic mass is 10.1. The Morgan fingerprint density at radius 2 is 2.15 bits per heavy atom. The summed E-state index contributed by atoms with van der Waals surface area (Å²) in [5.74, 6) is 0.621. The van der Waals surface area contributed by atoms with E-state index in [1.54, 1.807) is 0 Å². The number of aromatic nitrogens is 4. The van der Waals surface area contributed by atoms with Crippen LogP contribution in [-0.4, -0.2) is 55.6 Å². The Morgan fingerprint density at radius 1 is 1.46 bits per heavy atom. The van der Waals surface area contributed by atoms with Gasteiger partial charge < -0.3 is 20.7 Å². The third kappa shape index (κ3) is 6.69. The second-order valence-electron chi connectivity index (χ2n) is 5.76. The number of hydrogen-bond acceptors (Lipinski definition) is 8. The van der Waals surface area contributed by atoms with Crippen molar-refractivity contribution in [3.63, 3.8) is 0 Å². The quantitative estimate of drug-likeness (QED) is 0.294. The zero-order valence-corrected chi connectivity index (χ0v) is 14.7. The molecule has 0 amide bonds. The molecule has 12 heteroatoms. The van der Waals surface area contributed by atoms with Crippen LogP contribution in [0.1, 0.15) is 20.3 Å². The number of H-pyrrole nitrogens is 1. The third-order valence-electron chi connectivity index (χ3n) is 3.22. The number of anilines is 1. The summed E-state index contributed by atoms with van der Waals surface area (Å²) < 4.78 is 6.66. The number of nitrogens with one attached hydrogen (secondary N) is 1. The van der Waals surface area contributed by atoms with Crippen molar-refractivity contribution >= 4 is 17.1 Å². The minimum absolute atomic E-state index is 0.00181. The average molecular weight is 368 g/mol. The number of rotatable bonds is 8. The van der Waals surface area contributed by atoms with Crippen molar-refractivity contribution in [3.8, 4) is 0 Å². The van der Waals surface area contributed by atoms with Crippen molar-refractivity contribution < 1.29 is 14.9 Å². The number of nitrogens with zero attached hydrogens (tertiary/aromatic N) is 6. The Hall–Kier alpha value is -2.66. The molecule has 0 aromatic carbocycles. The number of aliphatic hydroxyl groups excluding tert-OH is 2. The van der Waals surface area contributed by atoms with Gasteiger partial charge in [0.15, 0.2) is 11.2 Å². The van der Waals surface area contributed by atoms with Crippen LogP contribution in [0.3, 0.4) is 0 Å². The van der Waals surface area contributed by atoms with Gasteiger partial charge in [-0.25, -0.2) is 4.98 Å². The summed E-state index contributed by atoms with van der Waals surface area (Å²) in [5.41, 5.74) is 13.3. The van der Waals surface area contributed by atoms with Gasteiger partial charge in [-0.15, -0.1) is 0 Å². The van der Waals surface area contributed by atoms with Gasteiger partial charge in [-0.05, 0) is 17.9 Å². The lowest BCUT2D eigenvalue weighted by Gasteiger charge is -2.12. The number of fused-ring (bicyclic) bond motifs is 1. The van der Waals surface area contributed by atoms with E-state index in [1.165, 1.54) is 10.9 Å². The fourth-order valence-corrected chi connectivity index (χ4v) is 1.77. The van der Waals surface area contributed by atoms with Gasteiger partial charge in [0.1, 0.15) is 12.8 Å². The van der Waals surface area contributed by atoms with Crippen molar-refractivity contribution in [2.24, 2.45) is 11.0 Å². The van der Waals surface area contributed by atoms with Crippen LogP contribution in [0.5, 0.6) is 0 Å². The van der Waals surface area contributed by atoms with E-state index < -0.39 is 11.7 Å². The molecule has 0 atom stereocenters. The van der Waals surface area contributed by atoms with E-state index in [0.29, 0.717) is 12.5 Å². The number of hydrogen-bond donors (Lipinski definition) is 4. The monoisotopic (exact) mass is 368 g/mol.